The van der Waals surface area contributed by atoms with Gasteiger partial charge in [0.2, 0.25) is 0 Å². The van der Waals surface area contributed by atoms with E-state index in [2.05, 4.69) is 24.5 Å². The molecule has 27 heavy (non-hydrogen) atoms. The van der Waals surface area contributed by atoms with Crippen LogP contribution in [0.1, 0.15) is 64.2 Å². The standard InChI is InChI=1S/C21H43NO2P2S/c1-25(23,20-10-6-4-7-11-20)17-14-22(16-19-27-3)15-18-26(2,24)21-12-8-5-9-13-21/h20-21H,4-19H2,1-3H3. The molecule has 0 spiro atoms. The highest BCUT2D eigenvalue weighted by Gasteiger charge is 2.31. The van der Waals surface area contributed by atoms with Crippen LogP contribution < -0.4 is 0 Å². The highest BCUT2D eigenvalue weighted by molar-refractivity contribution is 7.98. The highest BCUT2D eigenvalue weighted by atomic mass is 32.2. The van der Waals surface area contributed by atoms with Gasteiger partial charge in [-0.2, -0.15) is 11.8 Å². The maximum absolute atomic E-state index is 13.3. The number of rotatable bonds is 11. The molecular weight excluding hydrogens is 392 g/mol. The average Bonchev–Trinajstić information content (AvgIpc) is 2.69. The molecule has 0 aliphatic heterocycles. The molecule has 6 heteroatoms. The summed E-state index contributed by atoms with van der Waals surface area (Å²) in [6.07, 6.45) is 16.2. The molecule has 0 aromatic carbocycles. The predicted octanol–water partition coefficient (Wildman–Crippen LogP) is 6.30. The van der Waals surface area contributed by atoms with E-state index in [0.29, 0.717) is 11.3 Å². The topological polar surface area (TPSA) is 37.4 Å². The Kier molecular flexibility index (Phi) is 10.5. The molecule has 2 rings (SSSR count). The molecule has 0 amide bonds. The maximum atomic E-state index is 13.3. The number of hydrogen-bond donors (Lipinski definition) is 0. The van der Waals surface area contributed by atoms with Gasteiger partial charge < -0.3 is 14.0 Å². The van der Waals surface area contributed by atoms with Gasteiger partial charge in [0.25, 0.3) is 0 Å². The Labute approximate surface area is 172 Å². The normalized spacial score (nSPS) is 24.6. The van der Waals surface area contributed by atoms with Crippen molar-refractivity contribution in [1.82, 2.24) is 4.90 Å². The third kappa shape index (κ3) is 8.19. The summed E-state index contributed by atoms with van der Waals surface area (Å²) >= 11 is 1.87. The van der Waals surface area contributed by atoms with E-state index in [1.165, 1.54) is 64.2 Å². The lowest BCUT2D eigenvalue weighted by molar-refractivity contribution is 0.323. The van der Waals surface area contributed by atoms with Gasteiger partial charge in [0.15, 0.2) is 0 Å². The second-order valence-electron chi connectivity index (χ2n) is 9.21. The number of thioether (sulfide) groups is 1. The molecule has 2 fully saturated rings. The van der Waals surface area contributed by atoms with Crippen molar-refractivity contribution in [3.05, 3.63) is 0 Å². The van der Waals surface area contributed by atoms with E-state index in [1.807, 2.05) is 11.8 Å². The third-order valence-corrected chi connectivity index (χ3v) is 13.9. The van der Waals surface area contributed by atoms with Crippen molar-refractivity contribution >= 4 is 26.0 Å². The molecule has 0 heterocycles. The summed E-state index contributed by atoms with van der Waals surface area (Å²) < 4.78 is 26.6. The van der Waals surface area contributed by atoms with Crippen molar-refractivity contribution in [2.45, 2.75) is 75.5 Å². The Morgan fingerprint density at radius 2 is 1.15 bits per heavy atom. The Morgan fingerprint density at radius 3 is 1.52 bits per heavy atom. The molecule has 3 nitrogen and oxygen atoms in total. The Bertz CT molecular complexity index is 474. The second kappa shape index (κ2) is 11.8. The lowest BCUT2D eigenvalue weighted by Gasteiger charge is -2.32. The minimum Gasteiger partial charge on any atom is -0.324 e. The Balaban J connectivity index is 1.86. The summed E-state index contributed by atoms with van der Waals surface area (Å²) in [5, 5.41) is 0. The quantitative estimate of drug-likeness (QED) is 0.357. The first-order chi connectivity index (χ1) is 12.8. The third-order valence-electron chi connectivity index (χ3n) is 7.03. The fourth-order valence-corrected chi connectivity index (χ4v) is 10.3. The molecule has 2 unspecified atom stereocenters. The van der Waals surface area contributed by atoms with Crippen LogP contribution in [0.5, 0.6) is 0 Å². The minimum absolute atomic E-state index is 0.466. The first kappa shape index (κ1) is 24.0. The molecule has 2 aliphatic rings. The van der Waals surface area contributed by atoms with Crippen LogP contribution in [0.15, 0.2) is 0 Å². The van der Waals surface area contributed by atoms with E-state index in [9.17, 15) is 9.13 Å². The molecular formula is C21H43NO2P2S. The van der Waals surface area contributed by atoms with E-state index in [1.54, 1.807) is 0 Å². The van der Waals surface area contributed by atoms with Crippen LogP contribution in [-0.4, -0.2) is 73.5 Å². The monoisotopic (exact) mass is 435 g/mol. The predicted molar refractivity (Wildman–Crippen MR) is 125 cm³/mol. The van der Waals surface area contributed by atoms with E-state index < -0.39 is 14.3 Å². The largest absolute Gasteiger partial charge is 0.324 e. The zero-order valence-corrected chi connectivity index (χ0v) is 20.6. The first-order valence-corrected chi connectivity index (χ1v) is 17.4. The van der Waals surface area contributed by atoms with E-state index in [0.717, 1.165) is 37.7 Å². The van der Waals surface area contributed by atoms with Crippen LogP contribution in [0.2, 0.25) is 0 Å². The van der Waals surface area contributed by atoms with Crippen molar-refractivity contribution in [3.8, 4) is 0 Å². The molecule has 2 aliphatic carbocycles. The average molecular weight is 436 g/mol. The molecule has 0 bridgehead atoms. The van der Waals surface area contributed by atoms with Crippen LogP contribution >= 0.6 is 26.0 Å². The summed E-state index contributed by atoms with van der Waals surface area (Å²) in [5.41, 5.74) is 0.932. The maximum Gasteiger partial charge on any atom is 0.0890 e. The molecule has 0 N–H and O–H groups in total. The number of nitrogens with zero attached hydrogens (tertiary/aromatic N) is 1. The molecule has 0 aromatic heterocycles. The highest BCUT2D eigenvalue weighted by Crippen LogP contribution is 2.53. The second-order valence-corrected chi connectivity index (χ2v) is 17.3. The molecule has 2 atom stereocenters. The zero-order valence-electron chi connectivity index (χ0n) is 18.0. The first-order valence-electron chi connectivity index (χ1n) is 11.2. The van der Waals surface area contributed by atoms with Crippen molar-refractivity contribution in [2.75, 3.05) is 57.3 Å². The smallest absolute Gasteiger partial charge is 0.0890 e. The Morgan fingerprint density at radius 1 is 0.741 bits per heavy atom. The lowest BCUT2D eigenvalue weighted by atomic mass is 10.0. The van der Waals surface area contributed by atoms with Crippen LogP contribution in [-0.2, 0) is 9.13 Å². The Hall–Kier alpha value is 0.770. The fraction of sp³-hybridized carbons (Fsp3) is 1.00. The van der Waals surface area contributed by atoms with Crippen LogP contribution in [0.3, 0.4) is 0 Å². The van der Waals surface area contributed by atoms with Gasteiger partial charge in [0, 0.05) is 49.0 Å². The van der Waals surface area contributed by atoms with Gasteiger partial charge in [-0.15, -0.1) is 0 Å². The van der Waals surface area contributed by atoms with Crippen molar-refractivity contribution in [2.24, 2.45) is 0 Å². The van der Waals surface area contributed by atoms with Crippen LogP contribution in [0, 0.1) is 0 Å². The summed E-state index contributed by atoms with van der Waals surface area (Å²) in [5.74, 6) is 1.11. The van der Waals surface area contributed by atoms with Gasteiger partial charge in [0.05, 0.1) is 14.3 Å². The summed E-state index contributed by atoms with van der Waals surface area (Å²) in [6, 6.07) is 0. The van der Waals surface area contributed by atoms with Gasteiger partial charge in [-0.05, 0) is 45.3 Å². The van der Waals surface area contributed by atoms with Crippen molar-refractivity contribution < 1.29 is 9.13 Å². The minimum atomic E-state index is -2.06. The zero-order chi connectivity index (χ0) is 19.8. The molecule has 0 radical (unpaired) electrons. The van der Waals surface area contributed by atoms with Gasteiger partial charge in [-0.1, -0.05) is 38.5 Å². The van der Waals surface area contributed by atoms with Crippen LogP contribution in [0.4, 0.5) is 0 Å². The van der Waals surface area contributed by atoms with E-state index >= 15 is 0 Å². The van der Waals surface area contributed by atoms with Gasteiger partial charge in [-0.3, -0.25) is 0 Å². The van der Waals surface area contributed by atoms with E-state index in [4.69, 9.17) is 0 Å². The lowest BCUT2D eigenvalue weighted by Crippen LogP contribution is -2.33. The fourth-order valence-electron chi connectivity index (χ4n) is 4.86. The van der Waals surface area contributed by atoms with Crippen molar-refractivity contribution in [1.29, 1.82) is 0 Å². The van der Waals surface area contributed by atoms with Gasteiger partial charge in [0.1, 0.15) is 0 Å². The summed E-state index contributed by atoms with van der Waals surface area (Å²) in [4.78, 5) is 2.47. The molecule has 0 saturated heterocycles. The van der Waals surface area contributed by atoms with Crippen LogP contribution in [0.25, 0.3) is 0 Å². The molecule has 2 saturated carbocycles. The SMILES string of the molecule is CSCCN(CCP(C)(=O)C1CCCCC1)CCP(C)(=O)C1CCCCC1. The summed E-state index contributed by atoms with van der Waals surface area (Å²) in [6.45, 7) is 7.01. The van der Waals surface area contributed by atoms with Crippen molar-refractivity contribution in [3.63, 3.8) is 0 Å². The van der Waals surface area contributed by atoms with Gasteiger partial charge in [-0.25, -0.2) is 0 Å². The van der Waals surface area contributed by atoms with Gasteiger partial charge >= 0.3 is 0 Å². The van der Waals surface area contributed by atoms with E-state index in [-0.39, 0.29) is 0 Å². The molecule has 0 aromatic rings. The summed E-state index contributed by atoms with van der Waals surface area (Å²) in [7, 11) is -4.12. The number of hydrogen-bond acceptors (Lipinski definition) is 4. The molecule has 160 valence electrons.